The Kier molecular flexibility index (Phi) is 12.5. The first-order chi connectivity index (χ1) is 17.7. The molecule has 36 heavy (non-hydrogen) atoms. The van der Waals surface area contributed by atoms with Gasteiger partial charge in [0.1, 0.15) is 24.2 Å². The highest BCUT2D eigenvalue weighted by Gasteiger charge is 2.24. The summed E-state index contributed by atoms with van der Waals surface area (Å²) in [6, 6.07) is 12.3. The van der Waals surface area contributed by atoms with Gasteiger partial charge in [-0.2, -0.15) is 0 Å². The molecule has 6 heteroatoms. The Morgan fingerprint density at radius 2 is 1.36 bits per heavy atom. The molecule has 198 valence electrons. The largest absolute Gasteiger partial charge is 0.494 e. The average molecular weight is 499 g/mol. The van der Waals surface area contributed by atoms with Gasteiger partial charge >= 0.3 is 5.97 Å². The number of unbranched alkanes of at least 4 members (excludes halogenated alkanes) is 8. The van der Waals surface area contributed by atoms with Crippen LogP contribution in [0.2, 0.25) is 0 Å². The summed E-state index contributed by atoms with van der Waals surface area (Å²) in [6.07, 6.45) is 11.9. The highest BCUT2D eigenvalue weighted by molar-refractivity contribution is 5.91. The van der Waals surface area contributed by atoms with E-state index in [9.17, 15) is 4.79 Å². The number of carbonyl (C=O) groups is 1. The fraction of sp³-hybridized carbons (Fsp3) is 0.567. The Labute approximate surface area is 216 Å². The van der Waals surface area contributed by atoms with Gasteiger partial charge in [0, 0.05) is 0 Å². The number of hydrogen-bond acceptors (Lipinski definition) is 6. The van der Waals surface area contributed by atoms with E-state index in [1.165, 1.54) is 44.9 Å². The standard InChI is InChI=1S/C30H42O6/c1-3-5-7-9-11-19-32-25-14-16-26(17-15-25)36-30(31)24-13-18-28(33-20-12-10-8-6-4-2)29(21-24)35-23-27-22-34-27/h13-18,21,27H,3-12,19-20,22-23H2,1-2H3. The van der Waals surface area contributed by atoms with Gasteiger partial charge < -0.3 is 23.7 Å². The van der Waals surface area contributed by atoms with E-state index in [0.717, 1.165) is 25.0 Å². The first kappa shape index (κ1) is 27.9. The molecule has 6 nitrogen and oxygen atoms in total. The van der Waals surface area contributed by atoms with E-state index < -0.39 is 5.97 Å². The first-order valence-electron chi connectivity index (χ1n) is 13.7. The van der Waals surface area contributed by atoms with E-state index >= 15 is 0 Å². The maximum Gasteiger partial charge on any atom is 0.343 e. The fourth-order valence-electron chi connectivity index (χ4n) is 3.77. The molecule has 1 aliphatic rings. The predicted octanol–water partition coefficient (Wildman–Crippen LogP) is 7.38. The van der Waals surface area contributed by atoms with E-state index in [1.807, 2.05) is 12.1 Å². The van der Waals surface area contributed by atoms with Gasteiger partial charge in [-0.25, -0.2) is 4.79 Å². The Morgan fingerprint density at radius 3 is 2.00 bits per heavy atom. The zero-order valence-electron chi connectivity index (χ0n) is 22.0. The molecular formula is C30H42O6. The molecule has 0 spiro atoms. The van der Waals surface area contributed by atoms with Gasteiger partial charge in [0.05, 0.1) is 25.4 Å². The van der Waals surface area contributed by atoms with Crippen LogP contribution in [0.25, 0.3) is 0 Å². The summed E-state index contributed by atoms with van der Waals surface area (Å²) in [7, 11) is 0. The SMILES string of the molecule is CCCCCCCOc1ccc(OC(=O)c2ccc(OCCCCCCC)c(OCC3CO3)c2)cc1. The van der Waals surface area contributed by atoms with Crippen molar-refractivity contribution in [3.05, 3.63) is 48.0 Å². The van der Waals surface area contributed by atoms with Gasteiger partial charge in [0.25, 0.3) is 0 Å². The van der Waals surface area contributed by atoms with Crippen molar-refractivity contribution in [2.75, 3.05) is 26.4 Å². The molecule has 1 unspecified atom stereocenters. The smallest absolute Gasteiger partial charge is 0.343 e. The molecular weight excluding hydrogens is 456 g/mol. The van der Waals surface area contributed by atoms with Crippen molar-refractivity contribution in [2.24, 2.45) is 0 Å². The van der Waals surface area contributed by atoms with Gasteiger partial charge in [-0.05, 0) is 55.3 Å². The second-order valence-corrected chi connectivity index (χ2v) is 9.31. The van der Waals surface area contributed by atoms with Crippen LogP contribution in [0.4, 0.5) is 0 Å². The molecule has 1 heterocycles. The third-order valence-corrected chi connectivity index (χ3v) is 6.06. The van der Waals surface area contributed by atoms with E-state index in [4.69, 9.17) is 23.7 Å². The van der Waals surface area contributed by atoms with Crippen LogP contribution in [0.1, 0.15) is 88.4 Å². The number of epoxide rings is 1. The van der Waals surface area contributed by atoms with Crippen molar-refractivity contribution in [1.29, 1.82) is 0 Å². The molecule has 0 aromatic heterocycles. The van der Waals surface area contributed by atoms with Gasteiger partial charge in [0.2, 0.25) is 0 Å². The molecule has 0 saturated carbocycles. The van der Waals surface area contributed by atoms with Crippen LogP contribution in [0.3, 0.4) is 0 Å². The zero-order chi connectivity index (χ0) is 25.4. The lowest BCUT2D eigenvalue weighted by molar-refractivity contribution is 0.0734. The molecule has 1 fully saturated rings. The van der Waals surface area contributed by atoms with Crippen LogP contribution in [0.5, 0.6) is 23.0 Å². The highest BCUT2D eigenvalue weighted by Crippen LogP contribution is 2.30. The Bertz CT molecular complexity index is 891. The minimum Gasteiger partial charge on any atom is -0.494 e. The Hall–Kier alpha value is -2.73. The van der Waals surface area contributed by atoms with Gasteiger partial charge in [-0.3, -0.25) is 0 Å². The van der Waals surface area contributed by atoms with Crippen molar-refractivity contribution in [3.8, 4) is 23.0 Å². The van der Waals surface area contributed by atoms with Crippen LogP contribution < -0.4 is 18.9 Å². The number of hydrogen-bond donors (Lipinski definition) is 0. The minimum atomic E-state index is -0.446. The number of esters is 1. The molecule has 0 N–H and O–H groups in total. The van der Waals surface area contributed by atoms with Crippen molar-refractivity contribution >= 4 is 5.97 Å². The Balaban J connectivity index is 1.50. The summed E-state index contributed by atoms with van der Waals surface area (Å²) in [4.78, 5) is 12.8. The molecule has 1 atom stereocenters. The monoisotopic (exact) mass is 498 g/mol. The summed E-state index contributed by atoms with van der Waals surface area (Å²) in [5.74, 6) is 1.98. The third-order valence-electron chi connectivity index (χ3n) is 6.06. The molecule has 0 amide bonds. The normalized spacial score (nSPS) is 14.3. The average Bonchev–Trinajstić information content (AvgIpc) is 3.73. The molecule has 1 saturated heterocycles. The van der Waals surface area contributed by atoms with Gasteiger partial charge in [-0.15, -0.1) is 0 Å². The number of ether oxygens (including phenoxy) is 5. The third kappa shape index (κ3) is 10.5. The van der Waals surface area contributed by atoms with Gasteiger partial charge in [-0.1, -0.05) is 65.2 Å². The van der Waals surface area contributed by atoms with Crippen LogP contribution in [-0.4, -0.2) is 38.5 Å². The lowest BCUT2D eigenvalue weighted by Crippen LogP contribution is -2.11. The molecule has 2 aromatic carbocycles. The summed E-state index contributed by atoms with van der Waals surface area (Å²) >= 11 is 0. The number of benzene rings is 2. The van der Waals surface area contributed by atoms with Crippen molar-refractivity contribution in [2.45, 2.75) is 84.2 Å². The second kappa shape index (κ2) is 16.1. The predicted molar refractivity (Wildman–Crippen MR) is 142 cm³/mol. The second-order valence-electron chi connectivity index (χ2n) is 9.31. The summed E-state index contributed by atoms with van der Waals surface area (Å²) in [5.41, 5.74) is 0.407. The maximum atomic E-state index is 12.8. The molecule has 0 aliphatic carbocycles. The number of carbonyl (C=O) groups excluding carboxylic acids is 1. The minimum absolute atomic E-state index is 0.111. The summed E-state index contributed by atoms with van der Waals surface area (Å²) in [6.45, 7) is 6.88. The lowest BCUT2D eigenvalue weighted by Gasteiger charge is -2.14. The van der Waals surface area contributed by atoms with E-state index in [2.05, 4.69) is 13.8 Å². The van der Waals surface area contributed by atoms with Crippen LogP contribution >= 0.6 is 0 Å². The van der Waals surface area contributed by atoms with Crippen LogP contribution in [0, 0.1) is 0 Å². The van der Waals surface area contributed by atoms with E-state index in [-0.39, 0.29) is 6.10 Å². The van der Waals surface area contributed by atoms with E-state index in [1.54, 1.807) is 30.3 Å². The lowest BCUT2D eigenvalue weighted by atomic mass is 10.1. The molecule has 3 rings (SSSR count). The molecule has 0 radical (unpaired) electrons. The number of rotatable bonds is 19. The molecule has 2 aromatic rings. The topological polar surface area (TPSA) is 66.5 Å². The summed E-state index contributed by atoms with van der Waals surface area (Å²) < 4.78 is 28.5. The highest BCUT2D eigenvalue weighted by atomic mass is 16.6. The van der Waals surface area contributed by atoms with Crippen molar-refractivity contribution in [1.82, 2.24) is 0 Å². The zero-order valence-corrected chi connectivity index (χ0v) is 22.0. The van der Waals surface area contributed by atoms with Gasteiger partial charge in [0.15, 0.2) is 11.5 Å². The Morgan fingerprint density at radius 1 is 0.750 bits per heavy atom. The molecule has 0 bridgehead atoms. The first-order valence-corrected chi connectivity index (χ1v) is 13.7. The van der Waals surface area contributed by atoms with Crippen molar-refractivity contribution < 1.29 is 28.5 Å². The maximum absolute atomic E-state index is 12.8. The summed E-state index contributed by atoms with van der Waals surface area (Å²) in [5, 5.41) is 0. The van der Waals surface area contributed by atoms with Crippen LogP contribution in [0.15, 0.2) is 42.5 Å². The quantitative estimate of drug-likeness (QED) is 0.0871. The van der Waals surface area contributed by atoms with Crippen LogP contribution in [-0.2, 0) is 4.74 Å². The van der Waals surface area contributed by atoms with E-state index in [0.29, 0.717) is 49.2 Å². The molecule has 1 aliphatic heterocycles. The fourth-order valence-corrected chi connectivity index (χ4v) is 3.77. The van der Waals surface area contributed by atoms with Crippen molar-refractivity contribution in [3.63, 3.8) is 0 Å².